The van der Waals surface area contributed by atoms with Gasteiger partial charge in [-0.25, -0.2) is 9.98 Å². The Morgan fingerprint density at radius 2 is 1.28 bits per heavy atom. The number of epoxide rings is 2. The normalized spacial score (nSPS) is 14.6. The first-order chi connectivity index (χ1) is 20.7. The van der Waals surface area contributed by atoms with Crippen LogP contribution in [0, 0.1) is 0 Å². The standard InChI is InChI=1S/C12H20N4O2.C8H12N4.C4H8O2.C3H5ClO.CH4O.2Na.2H2O/c1-18-8-11(17)7-15-10-4-2-9(3-5-10)6-16-12(13)14;9-7-3-1-6(2-4-7)5-12-8(10)11;1-5-2-4-3-6-4;4-1-3-2-5-3;1-2;;;;/h2-5,11,15,17H,6-8H2,1H3,(H4,13,14,16);1-4H,5,9H2,(H4,10,11,12);4H,2-3H2,1H3;3H,1-2H2;2H,1H3;;;2*1H2/q;;;;;2*+1;;/p-2. The van der Waals surface area contributed by atoms with Crippen molar-refractivity contribution in [3.63, 3.8) is 0 Å². The van der Waals surface area contributed by atoms with E-state index in [1.807, 2.05) is 48.5 Å². The maximum atomic E-state index is 9.48. The number of guanidine groups is 2. The molecule has 2 fully saturated rings. The van der Waals surface area contributed by atoms with E-state index in [-0.39, 0.29) is 82.0 Å². The van der Waals surface area contributed by atoms with Gasteiger partial charge in [0.05, 0.1) is 57.6 Å². The number of aliphatic imine (C=N–C) groups is 2. The molecular weight excluding hydrogens is 658 g/mol. The Hall–Kier alpha value is -1.45. The SMILES string of the molecule is CO.COCC(O)CNc1ccc(CN=C(N)N)cc1.COCC1CO1.ClCC1CO1.NC(N)=NCc1ccc(N)cc1.[Na+].[Na+].[OH-].[OH-]. The summed E-state index contributed by atoms with van der Waals surface area (Å²) < 4.78 is 19.1. The fourth-order valence-corrected chi connectivity index (χ4v) is 2.89. The van der Waals surface area contributed by atoms with Gasteiger partial charge in [0.1, 0.15) is 6.10 Å². The van der Waals surface area contributed by atoms with Gasteiger partial charge in [-0.2, -0.15) is 0 Å². The molecule has 2 saturated heterocycles. The van der Waals surface area contributed by atoms with Gasteiger partial charge in [0.15, 0.2) is 11.9 Å². The third-order valence-electron chi connectivity index (χ3n) is 5.05. The summed E-state index contributed by atoms with van der Waals surface area (Å²) >= 11 is 5.27. The molecule has 0 aromatic heterocycles. The molecule has 19 heteroatoms. The van der Waals surface area contributed by atoms with Crippen LogP contribution in [0.1, 0.15) is 11.1 Å². The maximum Gasteiger partial charge on any atom is 1.00 e. The molecule has 2 aliphatic rings. The van der Waals surface area contributed by atoms with Crippen LogP contribution < -0.4 is 93.1 Å². The average Bonchev–Trinajstić information content (AvgIpc) is 3.94. The number of hydrogen-bond acceptors (Lipinski definition) is 12. The van der Waals surface area contributed by atoms with Gasteiger partial charge in [-0.05, 0) is 35.4 Å². The van der Waals surface area contributed by atoms with E-state index in [2.05, 4.69) is 15.3 Å². The summed E-state index contributed by atoms with van der Waals surface area (Å²) in [7, 11) is 4.24. The van der Waals surface area contributed by atoms with Gasteiger partial charge in [-0.1, -0.05) is 24.3 Å². The van der Waals surface area contributed by atoms with Gasteiger partial charge in [-0.3, -0.25) is 0 Å². The van der Waals surface area contributed by atoms with Crippen molar-refractivity contribution in [2.75, 3.05) is 71.2 Å². The predicted octanol–water partition coefficient (Wildman–Crippen LogP) is -6.16. The molecule has 0 amide bonds. The summed E-state index contributed by atoms with van der Waals surface area (Å²) in [5.41, 5.74) is 30.1. The van der Waals surface area contributed by atoms with Gasteiger partial charge in [0.2, 0.25) is 0 Å². The molecule has 15 N–H and O–H groups in total. The molecule has 2 heterocycles. The predicted molar refractivity (Wildman–Crippen MR) is 177 cm³/mol. The van der Waals surface area contributed by atoms with E-state index in [1.165, 1.54) is 0 Å². The van der Waals surface area contributed by atoms with Crippen molar-refractivity contribution in [1.82, 2.24) is 0 Å². The number of hydrogen-bond donors (Lipinski definition) is 8. The summed E-state index contributed by atoms with van der Waals surface area (Å²) in [6.45, 7) is 4.27. The first-order valence-corrected chi connectivity index (χ1v) is 13.9. The number of nitrogens with two attached hydrogens (primary N) is 5. The summed E-state index contributed by atoms with van der Waals surface area (Å²) in [5.74, 6) is 0.853. The molecule has 0 bridgehead atoms. The van der Waals surface area contributed by atoms with Crippen molar-refractivity contribution in [1.29, 1.82) is 0 Å². The van der Waals surface area contributed by atoms with Gasteiger partial charge in [0.25, 0.3) is 0 Å². The molecule has 4 rings (SSSR count). The Kier molecular flexibility index (Phi) is 41.9. The fraction of sp³-hybridized carbons (Fsp3) is 0.500. The smallest absolute Gasteiger partial charge is 0.870 e. The van der Waals surface area contributed by atoms with Crippen LogP contribution in [0.5, 0.6) is 0 Å². The van der Waals surface area contributed by atoms with Crippen LogP contribution >= 0.6 is 11.6 Å². The van der Waals surface area contributed by atoms with E-state index in [1.54, 1.807) is 14.2 Å². The monoisotopic (exact) mass is 708 g/mol. The summed E-state index contributed by atoms with van der Waals surface area (Å²) in [5, 5.41) is 19.6. The number of methoxy groups -OCH3 is 2. The van der Waals surface area contributed by atoms with Crippen LogP contribution in [0.2, 0.25) is 0 Å². The number of aliphatic hydroxyl groups excluding tert-OH is 2. The summed E-state index contributed by atoms with van der Waals surface area (Å²) in [6.07, 6.45) is 0.308. The van der Waals surface area contributed by atoms with Gasteiger partial charge >= 0.3 is 59.1 Å². The molecule has 0 saturated carbocycles. The van der Waals surface area contributed by atoms with Crippen LogP contribution in [-0.4, -0.2) is 112 Å². The minimum absolute atomic E-state index is 0. The minimum atomic E-state index is -0.517. The van der Waals surface area contributed by atoms with E-state index < -0.39 is 6.10 Å². The Labute approximate surface area is 327 Å². The number of aliphatic hydroxyl groups is 2. The number of benzene rings is 2. The molecule has 0 radical (unpaired) electrons. The Bertz CT molecular complexity index is 1020. The molecule has 2 aliphatic heterocycles. The van der Waals surface area contributed by atoms with Crippen LogP contribution in [-0.2, 0) is 32.0 Å². The quantitative estimate of drug-likeness (QED) is 0.0254. The molecule has 260 valence electrons. The number of halogens is 1. The zero-order chi connectivity index (χ0) is 32.5. The van der Waals surface area contributed by atoms with Gasteiger partial charge in [-0.15, -0.1) is 11.6 Å². The van der Waals surface area contributed by atoms with Crippen LogP contribution in [0.15, 0.2) is 58.5 Å². The molecule has 2 aromatic rings. The fourth-order valence-electron chi connectivity index (χ4n) is 2.71. The zero-order valence-corrected chi connectivity index (χ0v) is 32.8. The second-order valence-corrected chi connectivity index (χ2v) is 9.24. The van der Waals surface area contributed by atoms with E-state index in [4.69, 9.17) is 64.3 Å². The van der Waals surface area contributed by atoms with Crippen molar-refractivity contribution in [2.45, 2.75) is 31.4 Å². The third-order valence-corrected chi connectivity index (χ3v) is 5.40. The number of nitrogens with zero attached hydrogens (tertiary/aromatic N) is 2. The molecular formula is C28H51ClN8Na2O8. The first kappa shape index (κ1) is 55.0. The van der Waals surface area contributed by atoms with Crippen molar-refractivity contribution in [2.24, 2.45) is 32.9 Å². The van der Waals surface area contributed by atoms with Crippen LogP contribution in [0.3, 0.4) is 0 Å². The van der Waals surface area contributed by atoms with Crippen LogP contribution in [0.4, 0.5) is 11.4 Å². The summed E-state index contributed by atoms with van der Waals surface area (Å²) in [6, 6.07) is 15.1. The molecule has 2 aromatic carbocycles. The molecule has 0 aliphatic carbocycles. The topological polar surface area (TPSA) is 311 Å². The van der Waals surface area contributed by atoms with Gasteiger partial charge in [0, 0.05) is 39.2 Å². The zero-order valence-electron chi connectivity index (χ0n) is 28.1. The maximum absolute atomic E-state index is 9.48. The van der Waals surface area contributed by atoms with Gasteiger partial charge < -0.3 is 74.1 Å². The van der Waals surface area contributed by atoms with E-state index in [0.717, 1.165) is 49.4 Å². The molecule has 47 heavy (non-hydrogen) atoms. The molecule has 0 spiro atoms. The Balaban J connectivity index is -0.000000175. The minimum Gasteiger partial charge on any atom is -0.870 e. The van der Waals surface area contributed by atoms with Crippen molar-refractivity contribution in [3.8, 4) is 0 Å². The second kappa shape index (κ2) is 35.8. The number of rotatable bonds is 12. The molecule has 16 nitrogen and oxygen atoms in total. The van der Waals surface area contributed by atoms with E-state index in [0.29, 0.717) is 44.3 Å². The van der Waals surface area contributed by atoms with Crippen LogP contribution in [0.25, 0.3) is 0 Å². The molecule has 3 unspecified atom stereocenters. The number of nitrogens with one attached hydrogen (secondary N) is 1. The van der Waals surface area contributed by atoms with Crippen molar-refractivity contribution >= 4 is 34.9 Å². The number of ether oxygens (including phenoxy) is 4. The largest absolute Gasteiger partial charge is 1.00 e. The summed E-state index contributed by atoms with van der Waals surface area (Å²) in [4.78, 5) is 7.77. The number of alkyl halides is 1. The number of nitrogen functional groups attached to an aromatic ring is 1. The Morgan fingerprint density at radius 1 is 0.851 bits per heavy atom. The molecule has 3 atom stereocenters. The van der Waals surface area contributed by atoms with Crippen molar-refractivity contribution < 1.29 is 99.2 Å². The van der Waals surface area contributed by atoms with E-state index in [9.17, 15) is 5.11 Å². The van der Waals surface area contributed by atoms with Crippen molar-refractivity contribution in [3.05, 3.63) is 59.7 Å². The first-order valence-electron chi connectivity index (χ1n) is 13.3. The second-order valence-electron chi connectivity index (χ2n) is 8.93. The Morgan fingerprint density at radius 3 is 1.57 bits per heavy atom. The number of anilines is 2. The average molecular weight is 709 g/mol. The third kappa shape index (κ3) is 35.7. The van der Waals surface area contributed by atoms with E-state index >= 15 is 0 Å².